The fourth-order valence-electron chi connectivity index (χ4n) is 2.44. The van der Waals surface area contributed by atoms with E-state index in [1.54, 1.807) is 7.11 Å². The first-order valence-corrected chi connectivity index (χ1v) is 6.91. The first-order chi connectivity index (χ1) is 8.88. The van der Waals surface area contributed by atoms with Gasteiger partial charge in [0.1, 0.15) is 6.79 Å². The molecule has 1 atom stereocenters. The molecule has 1 unspecified atom stereocenters. The number of hydrogen-bond donors (Lipinski definition) is 1. The molecular weight excluding hydrogens is 228 g/mol. The smallest absolute Gasteiger partial charge is 0.146 e. The summed E-state index contributed by atoms with van der Waals surface area (Å²) in [5.41, 5.74) is 1.54. The minimum atomic E-state index is 0.310. The molecule has 3 heteroatoms. The van der Waals surface area contributed by atoms with Gasteiger partial charge < -0.3 is 14.6 Å². The molecule has 0 aromatic heterocycles. The molecule has 1 saturated carbocycles. The van der Waals surface area contributed by atoms with Crippen LogP contribution in [0.1, 0.15) is 38.5 Å². The normalized spacial score (nSPS) is 23.0. The van der Waals surface area contributed by atoms with Crippen LogP contribution in [0.25, 0.3) is 0 Å². The van der Waals surface area contributed by atoms with Crippen molar-refractivity contribution in [1.29, 1.82) is 0 Å². The van der Waals surface area contributed by atoms with Gasteiger partial charge in [-0.2, -0.15) is 0 Å². The first-order valence-electron chi connectivity index (χ1n) is 6.91. The van der Waals surface area contributed by atoms with Gasteiger partial charge in [0.05, 0.1) is 6.61 Å². The summed E-state index contributed by atoms with van der Waals surface area (Å²) in [5, 5.41) is 8.92. The topological polar surface area (TPSA) is 38.7 Å². The Balaban J connectivity index is 2.34. The molecule has 1 fully saturated rings. The summed E-state index contributed by atoms with van der Waals surface area (Å²) in [5.74, 6) is 0.676. The molecule has 0 aliphatic heterocycles. The fourth-order valence-corrected chi connectivity index (χ4v) is 2.44. The lowest BCUT2D eigenvalue weighted by Crippen LogP contribution is -2.10. The minimum absolute atomic E-state index is 0.310. The third kappa shape index (κ3) is 6.34. The van der Waals surface area contributed by atoms with Crippen LogP contribution >= 0.6 is 0 Å². The van der Waals surface area contributed by atoms with E-state index in [9.17, 15) is 0 Å². The molecule has 18 heavy (non-hydrogen) atoms. The van der Waals surface area contributed by atoms with Crippen LogP contribution in [-0.4, -0.2) is 32.2 Å². The number of aliphatic hydroxyl groups excluding tert-OH is 1. The Hall–Kier alpha value is -0.640. The molecule has 0 bridgehead atoms. The predicted molar refractivity (Wildman–Crippen MR) is 73.3 cm³/mol. The summed E-state index contributed by atoms with van der Waals surface area (Å²) < 4.78 is 10.00. The van der Waals surface area contributed by atoms with Crippen LogP contribution in [0.3, 0.4) is 0 Å². The largest absolute Gasteiger partial charge is 0.396 e. The second-order valence-electron chi connectivity index (χ2n) is 4.76. The lowest BCUT2D eigenvalue weighted by Gasteiger charge is -2.25. The van der Waals surface area contributed by atoms with Crippen LogP contribution < -0.4 is 0 Å². The molecule has 0 spiro atoms. The van der Waals surface area contributed by atoms with Crippen molar-refractivity contribution in [2.24, 2.45) is 5.92 Å². The van der Waals surface area contributed by atoms with Crippen molar-refractivity contribution in [3.05, 3.63) is 23.8 Å². The molecule has 104 valence electrons. The van der Waals surface area contributed by atoms with E-state index in [4.69, 9.17) is 14.6 Å². The molecule has 0 radical (unpaired) electrons. The van der Waals surface area contributed by atoms with E-state index in [2.05, 4.69) is 12.2 Å². The molecule has 1 aliphatic carbocycles. The van der Waals surface area contributed by atoms with E-state index in [0.29, 0.717) is 25.9 Å². The van der Waals surface area contributed by atoms with Gasteiger partial charge in [0.2, 0.25) is 0 Å². The molecule has 1 rings (SSSR count). The molecular formula is C15H26O3. The van der Waals surface area contributed by atoms with Gasteiger partial charge in [-0.05, 0) is 38.0 Å². The van der Waals surface area contributed by atoms with Gasteiger partial charge >= 0.3 is 0 Å². The average Bonchev–Trinajstić information content (AvgIpc) is 2.41. The number of hydrogen-bond acceptors (Lipinski definition) is 3. The molecule has 0 saturated heterocycles. The summed E-state index contributed by atoms with van der Waals surface area (Å²) in [4.78, 5) is 0. The van der Waals surface area contributed by atoms with Gasteiger partial charge in [-0.15, -0.1) is 0 Å². The van der Waals surface area contributed by atoms with E-state index in [1.165, 1.54) is 31.3 Å². The highest BCUT2D eigenvalue weighted by molar-refractivity contribution is 5.17. The van der Waals surface area contributed by atoms with Crippen LogP contribution in [0, 0.1) is 5.92 Å². The van der Waals surface area contributed by atoms with E-state index in [-0.39, 0.29) is 0 Å². The van der Waals surface area contributed by atoms with Gasteiger partial charge in [-0.1, -0.05) is 30.2 Å². The van der Waals surface area contributed by atoms with Crippen molar-refractivity contribution >= 4 is 0 Å². The summed E-state index contributed by atoms with van der Waals surface area (Å²) in [7, 11) is 1.62. The number of ether oxygens (including phenoxy) is 2. The lowest BCUT2D eigenvalue weighted by molar-refractivity contribution is -0.0186. The van der Waals surface area contributed by atoms with Crippen LogP contribution in [0.15, 0.2) is 23.8 Å². The summed E-state index contributed by atoms with van der Waals surface area (Å²) >= 11 is 0. The lowest BCUT2D eigenvalue weighted by atomic mass is 9.81. The van der Waals surface area contributed by atoms with E-state index < -0.39 is 0 Å². The van der Waals surface area contributed by atoms with Crippen molar-refractivity contribution < 1.29 is 14.6 Å². The standard InChI is InChI=1S/C15H26O3/c1-17-13-18-12-5-4-9-14-7-2-3-8-15(14)10-6-11-16/h4-5,9,15-16H,2-3,6-8,10-13H2,1H3/b5-4+,14-9+. The van der Waals surface area contributed by atoms with Crippen molar-refractivity contribution in [1.82, 2.24) is 0 Å². The summed E-state index contributed by atoms with van der Waals surface area (Å²) in [6.07, 6.45) is 13.5. The molecule has 1 N–H and O–H groups in total. The SMILES string of the molecule is COCOC/C=C/C=C1\CCCCC1CCCO. The third-order valence-corrected chi connectivity index (χ3v) is 3.36. The van der Waals surface area contributed by atoms with Gasteiger partial charge in [0, 0.05) is 13.7 Å². The Morgan fingerprint density at radius 2 is 2.28 bits per heavy atom. The quantitative estimate of drug-likeness (QED) is 0.534. The minimum Gasteiger partial charge on any atom is -0.396 e. The van der Waals surface area contributed by atoms with Gasteiger partial charge in [-0.3, -0.25) is 0 Å². The predicted octanol–water partition coefficient (Wildman–Crippen LogP) is 3.05. The first kappa shape index (κ1) is 15.4. The van der Waals surface area contributed by atoms with Crippen molar-refractivity contribution in [2.75, 3.05) is 27.1 Å². The Morgan fingerprint density at radius 1 is 1.39 bits per heavy atom. The van der Waals surface area contributed by atoms with Crippen LogP contribution in [-0.2, 0) is 9.47 Å². The maximum Gasteiger partial charge on any atom is 0.146 e. The van der Waals surface area contributed by atoms with Crippen LogP contribution in [0.4, 0.5) is 0 Å². The Bertz CT molecular complexity index is 258. The zero-order chi connectivity index (χ0) is 13.1. The highest BCUT2D eigenvalue weighted by Gasteiger charge is 2.17. The monoisotopic (exact) mass is 254 g/mol. The Morgan fingerprint density at radius 3 is 3.06 bits per heavy atom. The second-order valence-corrected chi connectivity index (χ2v) is 4.76. The second kappa shape index (κ2) is 10.3. The van der Waals surface area contributed by atoms with Crippen LogP contribution in [0.2, 0.25) is 0 Å². The molecule has 0 aromatic carbocycles. The van der Waals surface area contributed by atoms with E-state index >= 15 is 0 Å². The fraction of sp³-hybridized carbons (Fsp3) is 0.733. The van der Waals surface area contributed by atoms with Gasteiger partial charge in [-0.25, -0.2) is 0 Å². The van der Waals surface area contributed by atoms with E-state index in [0.717, 1.165) is 12.8 Å². The summed E-state index contributed by atoms with van der Waals surface area (Å²) in [6, 6.07) is 0. The molecule has 3 nitrogen and oxygen atoms in total. The number of methoxy groups -OCH3 is 1. The molecule has 0 aromatic rings. The van der Waals surface area contributed by atoms with Crippen molar-refractivity contribution in [3.63, 3.8) is 0 Å². The van der Waals surface area contributed by atoms with Crippen molar-refractivity contribution in [3.8, 4) is 0 Å². The average molecular weight is 254 g/mol. The third-order valence-electron chi connectivity index (χ3n) is 3.36. The summed E-state index contributed by atoms with van der Waals surface area (Å²) in [6.45, 7) is 1.25. The van der Waals surface area contributed by atoms with Gasteiger partial charge in [0.15, 0.2) is 0 Å². The maximum absolute atomic E-state index is 8.92. The number of rotatable bonds is 8. The number of allylic oxidation sites excluding steroid dienone is 3. The Kier molecular flexibility index (Phi) is 8.82. The van der Waals surface area contributed by atoms with E-state index in [1.807, 2.05) is 6.08 Å². The van der Waals surface area contributed by atoms with Crippen LogP contribution in [0.5, 0.6) is 0 Å². The number of aliphatic hydroxyl groups is 1. The van der Waals surface area contributed by atoms with Crippen molar-refractivity contribution in [2.45, 2.75) is 38.5 Å². The molecule has 0 amide bonds. The van der Waals surface area contributed by atoms with Gasteiger partial charge in [0.25, 0.3) is 0 Å². The molecule has 0 heterocycles. The zero-order valence-corrected chi connectivity index (χ0v) is 11.4. The molecule has 1 aliphatic rings. The zero-order valence-electron chi connectivity index (χ0n) is 11.4. The highest BCUT2D eigenvalue weighted by Crippen LogP contribution is 2.32. The highest BCUT2D eigenvalue weighted by atomic mass is 16.7. The Labute approximate surface area is 110 Å². The maximum atomic E-state index is 8.92.